The van der Waals surface area contributed by atoms with Gasteiger partial charge in [-0.2, -0.15) is 0 Å². The topological polar surface area (TPSA) is 92.3 Å². The molecule has 1 aliphatic heterocycles. The zero-order chi connectivity index (χ0) is 24.8. The van der Waals surface area contributed by atoms with Crippen LogP contribution in [-0.2, 0) is 22.6 Å². The number of fused-ring (bicyclic) bond motifs is 1. The number of benzene rings is 2. The molecule has 182 valence electrons. The fourth-order valence-electron chi connectivity index (χ4n) is 4.05. The summed E-state index contributed by atoms with van der Waals surface area (Å²) < 4.78 is 27.0. The molecule has 0 unspecified atom stereocenters. The Kier molecular flexibility index (Phi) is 8.04. The molecule has 1 aliphatic rings. The third-order valence-electron chi connectivity index (χ3n) is 5.91. The average Bonchev–Trinajstić information content (AvgIpc) is 3.23. The largest absolute Gasteiger partial charge is 0.497 e. The first-order valence-corrected chi connectivity index (χ1v) is 10.9. The van der Waals surface area contributed by atoms with Gasteiger partial charge >= 0.3 is 5.97 Å². The Morgan fingerprint density at radius 1 is 1.06 bits per heavy atom. The van der Waals surface area contributed by atoms with Crippen LogP contribution in [0.2, 0.25) is 0 Å². The molecule has 0 bridgehead atoms. The number of hydrogen-bond acceptors (Lipinski definition) is 7. The number of methoxy groups -OCH3 is 4. The van der Waals surface area contributed by atoms with Gasteiger partial charge < -0.3 is 29.0 Å². The maximum Gasteiger partial charge on any atom is 0.342 e. The van der Waals surface area contributed by atoms with Crippen molar-refractivity contribution in [2.75, 3.05) is 33.8 Å². The second-order valence-electron chi connectivity index (χ2n) is 7.97. The summed E-state index contributed by atoms with van der Waals surface area (Å²) in [4.78, 5) is 24.8. The second kappa shape index (κ2) is 11.0. The number of amides is 1. The molecule has 1 N–H and O–H groups in total. The second-order valence-corrected chi connectivity index (χ2v) is 7.97. The summed E-state index contributed by atoms with van der Waals surface area (Å²) in [5.41, 5.74) is 4.50. The number of allylic oxidation sites excluding steroid dienone is 2. The molecule has 0 radical (unpaired) electrons. The Hall–Kier alpha value is -3.68. The first-order chi connectivity index (χ1) is 16.3. The number of rotatable bonds is 10. The van der Waals surface area contributed by atoms with E-state index in [4.69, 9.17) is 23.7 Å². The zero-order valence-corrected chi connectivity index (χ0v) is 20.5. The molecule has 3 rings (SSSR count). The van der Waals surface area contributed by atoms with E-state index in [-0.39, 0.29) is 18.5 Å². The molecule has 0 fully saturated rings. The highest BCUT2D eigenvalue weighted by atomic mass is 16.5. The molecular weight excluding hydrogens is 438 g/mol. The van der Waals surface area contributed by atoms with Gasteiger partial charge in [-0.1, -0.05) is 11.6 Å². The number of nitrogens with one attached hydrogen (secondary N) is 1. The zero-order valence-electron chi connectivity index (χ0n) is 20.5. The molecule has 0 aromatic heterocycles. The van der Waals surface area contributed by atoms with E-state index in [0.717, 1.165) is 22.3 Å². The van der Waals surface area contributed by atoms with Gasteiger partial charge in [0.05, 0.1) is 34.1 Å². The van der Waals surface area contributed by atoms with Gasteiger partial charge in [0.15, 0.2) is 0 Å². The van der Waals surface area contributed by atoms with Gasteiger partial charge in [0.1, 0.15) is 35.2 Å². The van der Waals surface area contributed by atoms with Crippen molar-refractivity contribution in [1.82, 2.24) is 0 Å². The van der Waals surface area contributed by atoms with E-state index >= 15 is 0 Å². The third kappa shape index (κ3) is 5.11. The number of esters is 1. The Morgan fingerprint density at radius 3 is 2.44 bits per heavy atom. The van der Waals surface area contributed by atoms with Crippen molar-refractivity contribution in [3.05, 3.63) is 52.1 Å². The fraction of sp³-hybridized carbons (Fsp3) is 0.385. The van der Waals surface area contributed by atoms with E-state index in [1.54, 1.807) is 39.5 Å². The van der Waals surface area contributed by atoms with Crippen LogP contribution in [-0.4, -0.2) is 40.3 Å². The SMILES string of the molecule is COc1ccc(OC)c(NC(=O)CCC(C)=CCc2c(OC)c(C)c3c(c2OC)C(=O)OC3)c1. The molecule has 1 amide bonds. The average molecular weight is 470 g/mol. The Labute approximate surface area is 199 Å². The van der Waals surface area contributed by atoms with E-state index in [2.05, 4.69) is 5.32 Å². The lowest BCUT2D eigenvalue weighted by molar-refractivity contribution is -0.116. The first kappa shape index (κ1) is 25.0. The van der Waals surface area contributed by atoms with Crippen molar-refractivity contribution in [2.24, 2.45) is 0 Å². The summed E-state index contributed by atoms with van der Waals surface area (Å²) in [6, 6.07) is 5.23. The molecule has 34 heavy (non-hydrogen) atoms. The number of hydrogen-bond donors (Lipinski definition) is 1. The van der Waals surface area contributed by atoms with Crippen LogP contribution in [0, 0.1) is 6.92 Å². The van der Waals surface area contributed by atoms with Crippen LogP contribution >= 0.6 is 0 Å². The van der Waals surface area contributed by atoms with Crippen LogP contribution in [0.1, 0.15) is 46.8 Å². The molecule has 1 heterocycles. The number of carbonyl (C=O) groups is 2. The van der Waals surface area contributed by atoms with Gasteiger partial charge in [-0.15, -0.1) is 0 Å². The van der Waals surface area contributed by atoms with Crippen LogP contribution in [0.4, 0.5) is 5.69 Å². The molecule has 8 heteroatoms. The lowest BCUT2D eigenvalue weighted by atomic mass is 9.94. The van der Waals surface area contributed by atoms with E-state index in [0.29, 0.717) is 53.5 Å². The number of anilines is 1. The van der Waals surface area contributed by atoms with Crippen LogP contribution in [0.5, 0.6) is 23.0 Å². The Balaban J connectivity index is 1.72. The lowest BCUT2D eigenvalue weighted by Gasteiger charge is -2.18. The van der Waals surface area contributed by atoms with Crippen molar-refractivity contribution in [2.45, 2.75) is 39.7 Å². The highest BCUT2D eigenvalue weighted by Crippen LogP contribution is 2.42. The quantitative estimate of drug-likeness (QED) is 0.401. The fourth-order valence-corrected chi connectivity index (χ4v) is 4.05. The van der Waals surface area contributed by atoms with Crippen molar-refractivity contribution in [1.29, 1.82) is 0 Å². The normalized spacial score (nSPS) is 12.6. The smallest absolute Gasteiger partial charge is 0.342 e. The minimum absolute atomic E-state index is 0.134. The van der Waals surface area contributed by atoms with Crippen molar-refractivity contribution < 1.29 is 33.3 Å². The highest BCUT2D eigenvalue weighted by Gasteiger charge is 2.32. The minimum Gasteiger partial charge on any atom is -0.497 e. The molecule has 0 saturated heterocycles. The number of cyclic esters (lactones) is 1. The summed E-state index contributed by atoms with van der Waals surface area (Å²) in [5, 5.41) is 2.88. The molecule has 2 aromatic rings. The summed E-state index contributed by atoms with van der Waals surface area (Å²) >= 11 is 0. The lowest BCUT2D eigenvalue weighted by Crippen LogP contribution is -2.12. The molecule has 8 nitrogen and oxygen atoms in total. The maximum absolute atomic E-state index is 12.5. The summed E-state index contributed by atoms with van der Waals surface area (Å²) in [7, 11) is 6.25. The van der Waals surface area contributed by atoms with Gasteiger partial charge in [-0.05, 0) is 44.4 Å². The van der Waals surface area contributed by atoms with Crippen molar-refractivity contribution in [3.8, 4) is 23.0 Å². The van der Waals surface area contributed by atoms with Crippen molar-refractivity contribution >= 4 is 17.6 Å². The molecule has 0 saturated carbocycles. The van der Waals surface area contributed by atoms with Crippen LogP contribution in [0.15, 0.2) is 29.8 Å². The van der Waals surface area contributed by atoms with Crippen LogP contribution in [0.3, 0.4) is 0 Å². The van der Waals surface area contributed by atoms with E-state index < -0.39 is 0 Å². The first-order valence-electron chi connectivity index (χ1n) is 10.9. The van der Waals surface area contributed by atoms with E-state index in [9.17, 15) is 9.59 Å². The number of carbonyl (C=O) groups excluding carboxylic acids is 2. The maximum atomic E-state index is 12.5. The summed E-state index contributed by atoms with van der Waals surface area (Å²) in [6.07, 6.45) is 3.37. The standard InChI is InChI=1S/C26H31NO7/c1-15(8-12-22(28)27-20-13-17(30-3)9-11-21(20)31-4)7-10-18-24(32-5)16(2)19-14-34-26(29)23(19)25(18)33-6/h7,9,11,13H,8,10,12,14H2,1-6H3,(H,27,28). The van der Waals surface area contributed by atoms with Crippen LogP contribution in [0.25, 0.3) is 0 Å². The summed E-state index contributed by atoms with van der Waals surface area (Å²) in [5.74, 6) is 1.83. The predicted molar refractivity (Wildman–Crippen MR) is 128 cm³/mol. The number of ether oxygens (including phenoxy) is 5. The molecule has 0 aliphatic carbocycles. The monoisotopic (exact) mass is 469 g/mol. The predicted octanol–water partition coefficient (Wildman–Crippen LogP) is 4.61. The van der Waals surface area contributed by atoms with Crippen molar-refractivity contribution in [3.63, 3.8) is 0 Å². The van der Waals surface area contributed by atoms with Gasteiger partial charge in [-0.25, -0.2) is 4.79 Å². The van der Waals surface area contributed by atoms with Gasteiger partial charge in [0, 0.05) is 23.6 Å². The summed E-state index contributed by atoms with van der Waals surface area (Å²) in [6.45, 7) is 4.10. The molecular formula is C26H31NO7. The van der Waals surface area contributed by atoms with E-state index in [1.165, 1.54) is 7.11 Å². The van der Waals surface area contributed by atoms with Crippen LogP contribution < -0.4 is 24.3 Å². The minimum atomic E-state index is -0.385. The molecule has 0 spiro atoms. The highest BCUT2D eigenvalue weighted by molar-refractivity contribution is 5.98. The third-order valence-corrected chi connectivity index (χ3v) is 5.91. The molecule has 0 atom stereocenters. The Morgan fingerprint density at radius 2 is 1.79 bits per heavy atom. The van der Waals surface area contributed by atoms with E-state index in [1.807, 2.05) is 19.9 Å². The van der Waals surface area contributed by atoms with Gasteiger partial charge in [0.25, 0.3) is 0 Å². The Bertz CT molecular complexity index is 1120. The van der Waals surface area contributed by atoms with Gasteiger partial charge in [0.2, 0.25) is 5.91 Å². The molecule has 2 aromatic carbocycles. The van der Waals surface area contributed by atoms with Gasteiger partial charge in [-0.3, -0.25) is 4.79 Å².